The third-order valence-corrected chi connectivity index (χ3v) is 17.3. The summed E-state index contributed by atoms with van der Waals surface area (Å²) in [6, 6.07) is 18.1. The van der Waals surface area contributed by atoms with Gasteiger partial charge in [-0.05, 0) is 175 Å². The average molecular weight is 1420 g/mol. The number of rotatable bonds is 25. The van der Waals surface area contributed by atoms with E-state index in [1.807, 2.05) is 56.6 Å². The Morgan fingerprint density at radius 3 is 1.13 bits per heavy atom. The fraction of sp³-hybridized carbons (Fsp3) is 0.535. The minimum atomic E-state index is -0.825. The van der Waals surface area contributed by atoms with Gasteiger partial charge in [0.25, 0.3) is 0 Å². The Morgan fingerprint density at radius 2 is 0.830 bits per heavy atom. The molecule has 512 valence electrons. The summed E-state index contributed by atoms with van der Waals surface area (Å²) in [7, 11) is 0. The lowest BCUT2D eigenvalue weighted by Crippen LogP contribution is -2.42. The Kier molecular flexibility index (Phi) is 31.9. The summed E-state index contributed by atoms with van der Waals surface area (Å²) in [4.78, 5) is 68.4. The Labute approximate surface area is 580 Å². The Morgan fingerprint density at radius 1 is 0.500 bits per heavy atom. The second-order valence-electron chi connectivity index (χ2n) is 26.0. The van der Waals surface area contributed by atoms with Crippen molar-refractivity contribution in [3.8, 4) is 0 Å². The molecule has 0 amide bonds. The van der Waals surface area contributed by atoms with Crippen LogP contribution < -0.4 is 31.1 Å². The highest BCUT2D eigenvalue weighted by molar-refractivity contribution is 9.10. The number of hydrogen-bond acceptors (Lipinski definition) is 18. The molecule has 9 heterocycles. The van der Waals surface area contributed by atoms with Gasteiger partial charge in [0.15, 0.2) is 17.5 Å². The summed E-state index contributed by atoms with van der Waals surface area (Å²) in [6.45, 7) is 29.9. The van der Waals surface area contributed by atoms with E-state index in [1.165, 1.54) is 0 Å². The van der Waals surface area contributed by atoms with Gasteiger partial charge >= 0.3 is 5.97 Å². The van der Waals surface area contributed by atoms with E-state index in [1.54, 1.807) is 56.8 Å². The predicted molar refractivity (Wildman–Crippen MR) is 385 cm³/mol. The number of carbonyl (C=O) groups is 3. The summed E-state index contributed by atoms with van der Waals surface area (Å²) in [5.74, 6) is 5.11. The van der Waals surface area contributed by atoms with Gasteiger partial charge in [0.2, 0.25) is 0 Å². The van der Waals surface area contributed by atoms with Crippen LogP contribution in [0.4, 0.5) is 46.2 Å². The molecule has 0 saturated carbocycles. The fourth-order valence-electron chi connectivity index (χ4n) is 11.5. The van der Waals surface area contributed by atoms with Gasteiger partial charge in [-0.15, -0.1) is 0 Å². The average Bonchev–Trinajstić information content (AvgIpc) is 0.822. The number of ether oxygens (including phenoxy) is 3. The van der Waals surface area contributed by atoms with Crippen molar-refractivity contribution in [2.24, 2.45) is 17.8 Å². The number of halogens is 4. The molecule has 3 fully saturated rings. The van der Waals surface area contributed by atoms with Gasteiger partial charge in [0.05, 0.1) is 38.6 Å². The van der Waals surface area contributed by atoms with E-state index in [-0.39, 0.29) is 35.7 Å². The summed E-state index contributed by atoms with van der Waals surface area (Å²) in [5, 5.41) is 17.9. The van der Waals surface area contributed by atoms with E-state index in [0.29, 0.717) is 81.1 Å². The number of anilines is 8. The number of nitrogen functional groups attached to an aromatic ring is 1. The lowest BCUT2D eigenvalue weighted by Gasteiger charge is -2.37. The minimum Gasteiger partial charge on any atom is -0.481 e. The van der Waals surface area contributed by atoms with E-state index < -0.39 is 5.97 Å². The van der Waals surface area contributed by atoms with Crippen LogP contribution in [0.1, 0.15) is 168 Å². The van der Waals surface area contributed by atoms with Gasteiger partial charge in [0.1, 0.15) is 27.8 Å². The van der Waals surface area contributed by atoms with Crippen molar-refractivity contribution in [1.82, 2.24) is 29.9 Å². The molecule has 23 heteroatoms. The summed E-state index contributed by atoms with van der Waals surface area (Å²) in [5.41, 5.74) is 11.7. The lowest BCUT2D eigenvalue weighted by molar-refractivity contribution is -0.137. The van der Waals surface area contributed by atoms with Crippen LogP contribution in [0.2, 0.25) is 15.1 Å². The Hall–Kier alpha value is -6.26. The number of Topliss-reactive ketones (excluding diaryl/α,β-unsaturated/α-hetero) is 2. The summed E-state index contributed by atoms with van der Waals surface area (Å²) >= 11 is 20.7. The van der Waals surface area contributed by atoms with Crippen LogP contribution in [-0.4, -0.2) is 130 Å². The molecular formula is C71H98BrCl3N12O7. The molecule has 3 saturated heterocycles. The summed E-state index contributed by atoms with van der Waals surface area (Å²) < 4.78 is 17.5. The van der Waals surface area contributed by atoms with Crippen molar-refractivity contribution in [1.29, 1.82) is 0 Å². The first-order valence-corrected chi connectivity index (χ1v) is 34.8. The molecule has 0 aliphatic carbocycles. The van der Waals surface area contributed by atoms with Gasteiger partial charge in [0, 0.05) is 127 Å². The van der Waals surface area contributed by atoms with Crippen molar-refractivity contribution < 1.29 is 33.7 Å². The maximum absolute atomic E-state index is 11.7. The number of nitrogens with zero attached hydrogens (tertiary/aromatic N) is 9. The number of ketones is 2. The number of carboxylic acid groups (broad SMARTS) is 1. The van der Waals surface area contributed by atoms with Crippen molar-refractivity contribution in [3.63, 3.8) is 0 Å². The maximum atomic E-state index is 11.7. The van der Waals surface area contributed by atoms with Gasteiger partial charge in [-0.3, -0.25) is 4.79 Å². The van der Waals surface area contributed by atoms with E-state index in [4.69, 9.17) is 64.7 Å². The third kappa shape index (κ3) is 25.7. The molecule has 9 rings (SSSR count). The van der Waals surface area contributed by atoms with Crippen molar-refractivity contribution in [2.75, 3.05) is 90.3 Å². The zero-order chi connectivity index (χ0) is 68.4. The van der Waals surface area contributed by atoms with Crippen LogP contribution in [0.5, 0.6) is 0 Å². The molecule has 6 aromatic heterocycles. The van der Waals surface area contributed by atoms with Crippen LogP contribution in [0.15, 0.2) is 96.4 Å². The number of carboxylic acids is 1. The molecule has 0 unspecified atom stereocenters. The number of nitrogens with two attached hydrogens (primary N) is 1. The van der Waals surface area contributed by atoms with Crippen LogP contribution in [0.3, 0.4) is 0 Å². The molecule has 5 N–H and O–H groups in total. The SMILES string of the molecule is CC(=O)C[C@@H](C)c1cnc(N(CC(C)C)C2CCOCC2)c(N)c1.CC(=O)C[C@@H](C)c1cnc(N(CC(C)C)C2CCOCC2)c(Nc2ccc(Cl)cn2)c1.CC(C)CN(c1ncc([C@H](C)CC(=O)O)cc1Nc1ccc(Cl)cn1)C1CCOCC1.Clc1ccc(Br)nc1. The van der Waals surface area contributed by atoms with Crippen LogP contribution >= 0.6 is 50.7 Å². The molecule has 0 aromatic carbocycles. The topological polar surface area (TPSA) is 236 Å². The highest BCUT2D eigenvalue weighted by Gasteiger charge is 2.30. The van der Waals surface area contributed by atoms with E-state index in [0.717, 1.165) is 148 Å². The third-order valence-electron chi connectivity index (χ3n) is 16.1. The van der Waals surface area contributed by atoms with Crippen molar-refractivity contribution in [2.45, 2.75) is 170 Å². The number of aliphatic carboxylic acids is 1. The zero-order valence-electron chi connectivity index (χ0n) is 56.6. The smallest absolute Gasteiger partial charge is 0.303 e. The van der Waals surface area contributed by atoms with Crippen LogP contribution in [-0.2, 0) is 28.6 Å². The molecule has 19 nitrogen and oxygen atoms in total. The van der Waals surface area contributed by atoms with Crippen LogP contribution in [0, 0.1) is 17.8 Å². The van der Waals surface area contributed by atoms with E-state index in [2.05, 4.69) is 116 Å². The quantitative estimate of drug-likeness (QED) is 0.0390. The standard InChI is InChI=1S/C24H33ClN4O2.C23H31ClN4O3.C19H31N3O2.C5H3BrClN/c1-16(2)15-29(21-7-9-31-10-8-21)24-22(28-23-6-5-20(25)14-26-23)12-19(13-27-24)17(3)11-18(4)30;1-15(2)14-28(19-6-8-31-9-7-19)23-20(27-21-5-4-18(24)13-25-21)11-17(12-26-23)16(3)10-22(29)30;1-13(2)12-22(17-5-7-24-8-6-17)19-18(20)10-16(11-21-19)14(3)9-15(4)23;6-5-2-1-4(7)3-8-5/h5-6,12-14,16-17,21H,7-11,15H2,1-4H3,(H,26,28);4-5,11-13,15-16,19H,6-10,14H2,1-3H3,(H,25,27)(H,29,30);10-11,13-14,17H,5-9,12,20H2,1-4H3;1-3H/t17-;16-;14-;/m111./s1. The molecule has 0 bridgehead atoms. The molecule has 6 aromatic rings. The minimum absolute atomic E-state index is 0.0509. The molecule has 0 radical (unpaired) electrons. The maximum Gasteiger partial charge on any atom is 0.303 e. The number of nitrogens with one attached hydrogen (secondary N) is 2. The van der Waals surface area contributed by atoms with E-state index in [9.17, 15) is 19.5 Å². The Bertz CT molecular complexity index is 3120. The summed E-state index contributed by atoms with van der Waals surface area (Å²) in [6.07, 6.45) is 17.4. The van der Waals surface area contributed by atoms with Gasteiger partial charge in [-0.2, -0.15) is 0 Å². The molecule has 3 atom stereocenters. The monoisotopic (exact) mass is 1410 g/mol. The largest absolute Gasteiger partial charge is 0.481 e. The number of carbonyl (C=O) groups excluding carboxylic acids is 2. The second kappa shape index (κ2) is 39.1. The van der Waals surface area contributed by atoms with E-state index >= 15 is 0 Å². The van der Waals surface area contributed by atoms with Crippen LogP contribution in [0.25, 0.3) is 0 Å². The number of hydrogen-bond donors (Lipinski definition) is 4. The second-order valence-corrected chi connectivity index (χ2v) is 28.1. The first kappa shape index (κ1) is 76.8. The zero-order valence-corrected chi connectivity index (χ0v) is 60.4. The molecular weight excluding hydrogens is 1320 g/mol. The highest BCUT2D eigenvalue weighted by atomic mass is 79.9. The lowest BCUT2D eigenvalue weighted by atomic mass is 9.97. The van der Waals surface area contributed by atoms with Gasteiger partial charge in [-0.1, -0.05) is 97.1 Å². The first-order chi connectivity index (χ1) is 44.8. The normalized spacial score (nSPS) is 15.5. The Balaban J connectivity index is 0.000000212. The van der Waals surface area contributed by atoms with Crippen molar-refractivity contribution in [3.05, 3.63) is 128 Å². The highest BCUT2D eigenvalue weighted by Crippen LogP contribution is 2.37. The molecule has 94 heavy (non-hydrogen) atoms. The molecule has 3 aliphatic heterocycles. The van der Waals surface area contributed by atoms with Gasteiger partial charge < -0.3 is 60.0 Å². The number of aromatic nitrogens is 6. The fourth-order valence-corrected chi connectivity index (χ4v) is 12.1. The number of pyridine rings is 6. The van der Waals surface area contributed by atoms with Gasteiger partial charge in [-0.25, -0.2) is 29.9 Å². The first-order valence-electron chi connectivity index (χ1n) is 32.9. The molecule has 3 aliphatic rings. The predicted octanol–water partition coefficient (Wildman–Crippen LogP) is 16.6. The van der Waals surface area contributed by atoms with Crippen molar-refractivity contribution >= 4 is 114 Å². The molecule has 0 spiro atoms.